The molecule has 1 amide bonds. The highest BCUT2D eigenvalue weighted by atomic mass is 19.4. The van der Waals surface area contributed by atoms with Gasteiger partial charge in [-0.05, 0) is 50.3 Å². The highest BCUT2D eigenvalue weighted by Gasteiger charge is 2.68. The number of piperidine rings is 1. The van der Waals surface area contributed by atoms with Crippen molar-refractivity contribution >= 4 is 11.4 Å². The van der Waals surface area contributed by atoms with Crippen LogP contribution in [0.1, 0.15) is 38.6 Å². The van der Waals surface area contributed by atoms with Crippen molar-refractivity contribution < 1.29 is 18.0 Å². The lowest BCUT2D eigenvalue weighted by molar-refractivity contribution is -0.137. The van der Waals surface area contributed by atoms with E-state index in [0.717, 1.165) is 31.6 Å². The fourth-order valence-corrected chi connectivity index (χ4v) is 4.73. The van der Waals surface area contributed by atoms with Crippen LogP contribution in [0.4, 0.5) is 13.2 Å². The third-order valence-electron chi connectivity index (χ3n) is 6.26. The van der Waals surface area contributed by atoms with Gasteiger partial charge in [-0.2, -0.15) is 13.2 Å². The second-order valence-electron chi connectivity index (χ2n) is 8.21. The van der Waals surface area contributed by atoms with E-state index in [1.165, 1.54) is 12.4 Å². The monoisotopic (exact) mass is 380 g/mol. The number of aromatic nitrogens is 2. The van der Waals surface area contributed by atoms with Gasteiger partial charge in [0.05, 0.1) is 22.8 Å². The van der Waals surface area contributed by atoms with Crippen molar-refractivity contribution in [3.63, 3.8) is 0 Å². The quantitative estimate of drug-likeness (QED) is 0.858. The summed E-state index contributed by atoms with van der Waals surface area (Å²) in [6.45, 7) is 7.48. The van der Waals surface area contributed by atoms with Gasteiger partial charge in [0, 0.05) is 18.7 Å². The first kappa shape index (κ1) is 18.3. The molecule has 2 aromatic rings. The van der Waals surface area contributed by atoms with Gasteiger partial charge in [0.25, 0.3) is 0 Å². The van der Waals surface area contributed by atoms with E-state index in [2.05, 4.69) is 22.5 Å². The Bertz CT molecular complexity index is 904. The zero-order valence-corrected chi connectivity index (χ0v) is 15.5. The van der Waals surface area contributed by atoms with Crippen LogP contribution in [0.2, 0.25) is 0 Å². The Morgan fingerprint density at radius 3 is 2.81 bits per heavy atom. The number of halogens is 3. The Morgan fingerprint density at radius 1 is 1.44 bits per heavy atom. The highest BCUT2D eigenvalue weighted by molar-refractivity contribution is 5.84. The van der Waals surface area contributed by atoms with Crippen LogP contribution in [0, 0.1) is 17.3 Å². The number of carbonyl (C=O) groups is 1. The lowest BCUT2D eigenvalue weighted by Gasteiger charge is -2.26. The van der Waals surface area contributed by atoms with Gasteiger partial charge in [0.1, 0.15) is 5.82 Å². The number of alkyl halides is 3. The molecule has 8 heteroatoms. The molecular formula is C19H23F3N4O. The Morgan fingerprint density at radius 2 is 2.19 bits per heavy atom. The van der Waals surface area contributed by atoms with Crippen molar-refractivity contribution in [3.05, 3.63) is 35.9 Å². The zero-order chi connectivity index (χ0) is 19.6. The number of hydrogen-bond donors (Lipinski definition) is 2. The molecule has 0 radical (unpaired) electrons. The molecule has 3 unspecified atom stereocenters. The zero-order valence-electron chi connectivity index (χ0n) is 15.5. The topological polar surface area (TPSA) is 58.4 Å². The van der Waals surface area contributed by atoms with E-state index >= 15 is 0 Å². The second-order valence-corrected chi connectivity index (χ2v) is 8.21. The molecule has 1 aliphatic carbocycles. The van der Waals surface area contributed by atoms with Gasteiger partial charge in [-0.3, -0.25) is 4.79 Å². The lowest BCUT2D eigenvalue weighted by Crippen LogP contribution is -2.45. The van der Waals surface area contributed by atoms with Gasteiger partial charge in [-0.15, -0.1) is 0 Å². The number of amides is 1. The third kappa shape index (κ3) is 2.72. The minimum atomic E-state index is -4.40. The van der Waals surface area contributed by atoms with E-state index in [1.807, 2.05) is 13.8 Å². The van der Waals surface area contributed by atoms with E-state index in [1.54, 1.807) is 4.40 Å². The van der Waals surface area contributed by atoms with Gasteiger partial charge in [0.2, 0.25) is 5.91 Å². The van der Waals surface area contributed by atoms with E-state index < -0.39 is 17.3 Å². The number of imidazole rings is 1. The minimum Gasteiger partial charge on any atom is -0.344 e. The molecule has 2 aliphatic rings. The molecule has 3 atom stereocenters. The van der Waals surface area contributed by atoms with Crippen molar-refractivity contribution in [3.8, 4) is 0 Å². The SMILES string of the molecule is CCC12CNCC1C2C(=O)NC(C)(C)c1ncc2cc(C(F)(F)F)ccn12. The first-order valence-electron chi connectivity index (χ1n) is 9.18. The maximum Gasteiger partial charge on any atom is 0.416 e. The van der Waals surface area contributed by atoms with Crippen molar-refractivity contribution in [1.82, 2.24) is 20.0 Å². The van der Waals surface area contributed by atoms with E-state index in [0.29, 0.717) is 17.3 Å². The summed E-state index contributed by atoms with van der Waals surface area (Å²) in [6, 6.07) is 2.09. The van der Waals surface area contributed by atoms with Crippen LogP contribution in [0.25, 0.3) is 5.52 Å². The average Bonchev–Trinajstić information content (AvgIpc) is 2.90. The minimum absolute atomic E-state index is 0.00277. The molecule has 0 bridgehead atoms. The third-order valence-corrected chi connectivity index (χ3v) is 6.26. The van der Waals surface area contributed by atoms with E-state index in [9.17, 15) is 18.0 Å². The largest absolute Gasteiger partial charge is 0.416 e. The number of carbonyl (C=O) groups excluding carboxylic acids is 1. The summed E-state index contributed by atoms with van der Waals surface area (Å²) in [6.07, 6.45) is -0.683. The van der Waals surface area contributed by atoms with Gasteiger partial charge >= 0.3 is 6.18 Å². The van der Waals surface area contributed by atoms with Crippen LogP contribution >= 0.6 is 0 Å². The molecule has 2 fully saturated rings. The van der Waals surface area contributed by atoms with Gasteiger partial charge in [0.15, 0.2) is 0 Å². The Hall–Kier alpha value is -2.09. The van der Waals surface area contributed by atoms with E-state index in [4.69, 9.17) is 0 Å². The first-order chi connectivity index (χ1) is 12.6. The molecular weight excluding hydrogens is 357 g/mol. The smallest absolute Gasteiger partial charge is 0.344 e. The standard InChI is InChI=1S/C19H23F3N4O/c1-4-18-10-23-9-13(18)14(18)15(27)25-17(2,3)16-24-8-12-7-11(19(20,21)22)5-6-26(12)16/h5-8,13-14,23H,4,9-10H2,1-3H3,(H,25,27). The summed E-state index contributed by atoms with van der Waals surface area (Å²) in [7, 11) is 0. The number of nitrogens with zero attached hydrogens (tertiary/aromatic N) is 2. The number of nitrogens with one attached hydrogen (secondary N) is 2. The molecule has 146 valence electrons. The molecule has 4 rings (SSSR count). The van der Waals surface area contributed by atoms with E-state index in [-0.39, 0.29) is 17.2 Å². The Kier molecular flexibility index (Phi) is 3.86. The molecule has 0 spiro atoms. The van der Waals surface area contributed by atoms with Crippen molar-refractivity contribution in [2.24, 2.45) is 17.3 Å². The molecule has 1 saturated carbocycles. The van der Waals surface area contributed by atoms with Crippen LogP contribution in [-0.4, -0.2) is 28.4 Å². The summed E-state index contributed by atoms with van der Waals surface area (Å²) >= 11 is 0. The molecule has 5 nitrogen and oxygen atoms in total. The predicted octanol–water partition coefficient (Wildman–Crippen LogP) is 2.95. The van der Waals surface area contributed by atoms with Crippen molar-refractivity contribution in [1.29, 1.82) is 0 Å². The molecule has 1 saturated heterocycles. The molecule has 27 heavy (non-hydrogen) atoms. The van der Waals surface area contributed by atoms with Crippen LogP contribution in [0.15, 0.2) is 24.5 Å². The Balaban J connectivity index is 1.58. The molecule has 2 N–H and O–H groups in total. The molecule has 2 aromatic heterocycles. The molecule has 3 heterocycles. The molecule has 0 aromatic carbocycles. The Labute approximate surface area is 155 Å². The van der Waals surface area contributed by atoms with Crippen LogP contribution in [-0.2, 0) is 16.5 Å². The number of rotatable bonds is 4. The summed E-state index contributed by atoms with van der Waals surface area (Å²) < 4.78 is 40.3. The normalized spacial score (nSPS) is 27.6. The maximum absolute atomic E-state index is 12.9. The summed E-state index contributed by atoms with van der Waals surface area (Å²) in [5.41, 5.74) is -1.12. The molecule has 1 aliphatic heterocycles. The van der Waals surface area contributed by atoms with Gasteiger partial charge in [-0.25, -0.2) is 4.98 Å². The second kappa shape index (κ2) is 5.70. The number of pyridine rings is 1. The maximum atomic E-state index is 12.9. The summed E-state index contributed by atoms with van der Waals surface area (Å²) in [5.74, 6) is 0.863. The van der Waals surface area contributed by atoms with Crippen molar-refractivity contribution in [2.45, 2.75) is 38.9 Å². The summed E-state index contributed by atoms with van der Waals surface area (Å²) in [4.78, 5) is 17.2. The fourth-order valence-electron chi connectivity index (χ4n) is 4.73. The number of hydrogen-bond acceptors (Lipinski definition) is 3. The lowest BCUT2D eigenvalue weighted by atomic mass is 9.98. The van der Waals surface area contributed by atoms with Crippen molar-refractivity contribution in [2.75, 3.05) is 13.1 Å². The van der Waals surface area contributed by atoms with Gasteiger partial charge < -0.3 is 15.0 Å². The van der Waals surface area contributed by atoms with Crippen LogP contribution in [0.3, 0.4) is 0 Å². The fraction of sp³-hybridized carbons (Fsp3) is 0.579. The van der Waals surface area contributed by atoms with Crippen LogP contribution in [0.5, 0.6) is 0 Å². The highest BCUT2D eigenvalue weighted by Crippen LogP contribution is 2.63. The average molecular weight is 380 g/mol. The first-order valence-corrected chi connectivity index (χ1v) is 9.18. The number of fused-ring (bicyclic) bond motifs is 2. The van der Waals surface area contributed by atoms with Crippen LogP contribution < -0.4 is 10.6 Å². The van der Waals surface area contributed by atoms with Gasteiger partial charge in [-0.1, -0.05) is 6.92 Å². The predicted molar refractivity (Wildman–Crippen MR) is 93.9 cm³/mol. The summed E-state index contributed by atoms with van der Waals surface area (Å²) in [5, 5.41) is 6.42.